The second-order valence-electron chi connectivity index (χ2n) is 5.67. The van der Waals surface area contributed by atoms with Gasteiger partial charge in [-0.25, -0.2) is 4.79 Å². The number of hydrogen-bond acceptors (Lipinski definition) is 4. The van der Waals surface area contributed by atoms with Gasteiger partial charge in [-0.3, -0.25) is 4.79 Å². The van der Waals surface area contributed by atoms with E-state index in [0.29, 0.717) is 12.0 Å². The zero-order valence-electron chi connectivity index (χ0n) is 11.2. The van der Waals surface area contributed by atoms with E-state index in [4.69, 9.17) is 9.47 Å². The van der Waals surface area contributed by atoms with E-state index in [-0.39, 0.29) is 36.0 Å². The van der Waals surface area contributed by atoms with Crippen molar-refractivity contribution in [2.45, 2.75) is 45.3 Å². The SMILES string of the molecule is C/C1=C\C[C@@H]2C(C)C(=O)O[C@H]2CC2=CC[C@H]1OC2=O. The van der Waals surface area contributed by atoms with Crippen LogP contribution in [0.15, 0.2) is 23.3 Å². The van der Waals surface area contributed by atoms with Crippen LogP contribution < -0.4 is 0 Å². The van der Waals surface area contributed by atoms with Gasteiger partial charge in [-0.1, -0.05) is 19.1 Å². The first-order valence-corrected chi connectivity index (χ1v) is 6.83. The second-order valence-corrected chi connectivity index (χ2v) is 5.67. The predicted molar refractivity (Wildman–Crippen MR) is 68.1 cm³/mol. The largest absolute Gasteiger partial charge is 0.461 e. The molecule has 102 valence electrons. The lowest BCUT2D eigenvalue weighted by molar-refractivity contribution is -0.147. The van der Waals surface area contributed by atoms with E-state index in [1.807, 2.05) is 19.9 Å². The first kappa shape index (κ1) is 12.5. The molecule has 1 unspecified atom stereocenters. The summed E-state index contributed by atoms with van der Waals surface area (Å²) in [5.41, 5.74) is 1.72. The smallest absolute Gasteiger partial charge is 0.334 e. The first-order chi connectivity index (χ1) is 9.06. The molecule has 0 aromatic carbocycles. The molecule has 4 rings (SSSR count). The molecule has 3 heterocycles. The molecule has 19 heavy (non-hydrogen) atoms. The highest BCUT2D eigenvalue weighted by Crippen LogP contribution is 2.37. The second kappa shape index (κ2) is 4.51. The van der Waals surface area contributed by atoms with Crippen molar-refractivity contribution in [3.8, 4) is 0 Å². The number of carbonyl (C=O) groups excluding carboxylic acids is 2. The van der Waals surface area contributed by atoms with Gasteiger partial charge in [0.15, 0.2) is 0 Å². The third kappa shape index (κ3) is 2.09. The Labute approximate surface area is 112 Å². The van der Waals surface area contributed by atoms with Crippen molar-refractivity contribution in [3.05, 3.63) is 23.3 Å². The van der Waals surface area contributed by atoms with E-state index >= 15 is 0 Å². The molecule has 0 radical (unpaired) electrons. The molecule has 0 amide bonds. The van der Waals surface area contributed by atoms with Gasteiger partial charge in [0.05, 0.1) is 5.92 Å². The Hall–Kier alpha value is -1.58. The normalized spacial score (nSPS) is 40.7. The Morgan fingerprint density at radius 1 is 1.16 bits per heavy atom. The molecule has 1 fully saturated rings. The van der Waals surface area contributed by atoms with Crippen LogP contribution in [0.5, 0.6) is 0 Å². The molecule has 4 aliphatic rings. The number of rotatable bonds is 0. The minimum absolute atomic E-state index is 0.0939. The van der Waals surface area contributed by atoms with Crippen LogP contribution in [0.4, 0.5) is 0 Å². The van der Waals surface area contributed by atoms with Gasteiger partial charge in [-0.05, 0) is 18.9 Å². The number of allylic oxidation sites excluding steroid dienone is 1. The maximum atomic E-state index is 11.9. The van der Waals surface area contributed by atoms with Crippen LogP contribution in [0.2, 0.25) is 0 Å². The van der Waals surface area contributed by atoms with Crippen LogP contribution >= 0.6 is 0 Å². The lowest BCUT2D eigenvalue weighted by Gasteiger charge is -2.27. The number of ether oxygens (including phenoxy) is 2. The van der Waals surface area contributed by atoms with Crippen molar-refractivity contribution in [2.24, 2.45) is 11.8 Å². The summed E-state index contributed by atoms with van der Waals surface area (Å²) in [6.45, 7) is 3.89. The van der Waals surface area contributed by atoms with Crippen molar-refractivity contribution < 1.29 is 19.1 Å². The molecule has 0 saturated carbocycles. The highest BCUT2D eigenvalue weighted by Gasteiger charge is 2.43. The molecule has 3 aliphatic heterocycles. The minimum Gasteiger partial charge on any atom is -0.461 e. The van der Waals surface area contributed by atoms with Gasteiger partial charge >= 0.3 is 11.9 Å². The van der Waals surface area contributed by atoms with Crippen LogP contribution in [0.3, 0.4) is 0 Å². The van der Waals surface area contributed by atoms with Gasteiger partial charge in [-0.15, -0.1) is 0 Å². The molecule has 4 atom stereocenters. The number of carbonyl (C=O) groups is 2. The van der Waals surface area contributed by atoms with Crippen molar-refractivity contribution in [1.29, 1.82) is 0 Å². The van der Waals surface area contributed by atoms with Gasteiger partial charge in [0.25, 0.3) is 0 Å². The van der Waals surface area contributed by atoms with Crippen LogP contribution in [-0.2, 0) is 19.1 Å². The van der Waals surface area contributed by atoms with Gasteiger partial charge in [0.1, 0.15) is 12.2 Å². The molecule has 0 aromatic heterocycles. The summed E-state index contributed by atoms with van der Waals surface area (Å²) in [5.74, 6) is -0.344. The Morgan fingerprint density at radius 2 is 1.95 bits per heavy atom. The monoisotopic (exact) mass is 262 g/mol. The van der Waals surface area contributed by atoms with E-state index in [1.165, 1.54) is 0 Å². The molecule has 1 saturated heterocycles. The van der Waals surface area contributed by atoms with Gasteiger partial charge in [0.2, 0.25) is 0 Å². The van der Waals surface area contributed by atoms with E-state index in [0.717, 1.165) is 18.4 Å². The molecule has 2 bridgehead atoms. The summed E-state index contributed by atoms with van der Waals surface area (Å²) in [6, 6.07) is 0. The third-order valence-electron chi connectivity index (χ3n) is 4.49. The average molecular weight is 262 g/mol. The molecule has 1 aliphatic carbocycles. The topological polar surface area (TPSA) is 52.6 Å². The lowest BCUT2D eigenvalue weighted by atomic mass is 9.83. The Balaban J connectivity index is 1.95. The Morgan fingerprint density at radius 3 is 2.68 bits per heavy atom. The standard InChI is InChI=1S/C15H18O4/c1-8-3-5-11-9(2)14(16)19-13(11)7-10-4-6-12(8)18-15(10)17/h3-4,9,11-13H,5-7H2,1-2H3/b8-3+/t9?,11-,12-,13+/m1/s1. The Bertz CT molecular complexity index is 488. The lowest BCUT2D eigenvalue weighted by Crippen LogP contribution is -2.30. The predicted octanol–water partition coefficient (Wildman–Crippen LogP) is 2.15. The van der Waals surface area contributed by atoms with E-state index < -0.39 is 0 Å². The van der Waals surface area contributed by atoms with Gasteiger partial charge in [0, 0.05) is 24.3 Å². The Kier molecular flexibility index (Phi) is 2.96. The maximum Gasteiger partial charge on any atom is 0.334 e. The van der Waals surface area contributed by atoms with Gasteiger partial charge < -0.3 is 9.47 Å². The number of fused-ring (bicyclic) bond motifs is 3. The van der Waals surface area contributed by atoms with Crippen molar-refractivity contribution in [3.63, 3.8) is 0 Å². The average Bonchev–Trinajstić information content (AvgIpc) is 2.65. The zero-order chi connectivity index (χ0) is 13.6. The van der Waals surface area contributed by atoms with E-state index in [9.17, 15) is 9.59 Å². The van der Waals surface area contributed by atoms with Crippen LogP contribution in [0.25, 0.3) is 0 Å². The first-order valence-electron chi connectivity index (χ1n) is 6.83. The summed E-state index contributed by atoms with van der Waals surface area (Å²) in [6.07, 6.45) is 5.72. The molecule has 0 spiro atoms. The van der Waals surface area contributed by atoms with Crippen LogP contribution in [-0.4, -0.2) is 24.1 Å². The van der Waals surface area contributed by atoms with Crippen molar-refractivity contribution in [1.82, 2.24) is 0 Å². The molecule has 4 nitrogen and oxygen atoms in total. The van der Waals surface area contributed by atoms with Crippen LogP contribution in [0.1, 0.15) is 33.1 Å². The summed E-state index contributed by atoms with van der Waals surface area (Å²) in [7, 11) is 0. The number of esters is 2. The highest BCUT2D eigenvalue weighted by atomic mass is 16.6. The summed E-state index contributed by atoms with van der Waals surface area (Å²) < 4.78 is 10.8. The summed E-state index contributed by atoms with van der Waals surface area (Å²) >= 11 is 0. The summed E-state index contributed by atoms with van der Waals surface area (Å²) in [5, 5.41) is 0. The molecular formula is C15H18O4. The minimum atomic E-state index is -0.264. The van der Waals surface area contributed by atoms with Crippen LogP contribution in [0, 0.1) is 11.8 Å². The fourth-order valence-electron chi connectivity index (χ4n) is 3.09. The maximum absolute atomic E-state index is 11.9. The number of hydrogen-bond donors (Lipinski definition) is 0. The molecular weight excluding hydrogens is 244 g/mol. The van der Waals surface area contributed by atoms with Crippen molar-refractivity contribution in [2.75, 3.05) is 0 Å². The quantitative estimate of drug-likeness (QED) is 0.496. The fraction of sp³-hybridized carbons (Fsp3) is 0.600. The summed E-state index contributed by atoms with van der Waals surface area (Å²) in [4.78, 5) is 23.7. The van der Waals surface area contributed by atoms with Crippen molar-refractivity contribution >= 4 is 11.9 Å². The molecule has 0 aromatic rings. The molecule has 0 N–H and O–H groups in total. The van der Waals surface area contributed by atoms with E-state index in [2.05, 4.69) is 6.08 Å². The van der Waals surface area contributed by atoms with Gasteiger partial charge in [-0.2, -0.15) is 0 Å². The highest BCUT2D eigenvalue weighted by molar-refractivity contribution is 5.89. The third-order valence-corrected chi connectivity index (χ3v) is 4.49. The van der Waals surface area contributed by atoms with E-state index in [1.54, 1.807) is 0 Å². The fourth-order valence-corrected chi connectivity index (χ4v) is 3.09. The zero-order valence-corrected chi connectivity index (χ0v) is 11.2. The molecule has 4 heteroatoms.